The zero-order valence-electron chi connectivity index (χ0n) is 14.9. The largest absolute Gasteiger partial charge is 0.506 e. The number of aromatic hydroxyl groups is 1. The van der Waals surface area contributed by atoms with E-state index in [-0.39, 0.29) is 33.7 Å². The van der Waals surface area contributed by atoms with Gasteiger partial charge in [0.05, 0.1) is 21.6 Å². The first-order valence-electron chi connectivity index (χ1n) is 8.37. The summed E-state index contributed by atoms with van der Waals surface area (Å²) in [6, 6.07) is 9.43. The van der Waals surface area contributed by atoms with E-state index in [0.717, 1.165) is 29.5 Å². The third-order valence-corrected chi connectivity index (χ3v) is 5.53. The molecule has 1 heterocycles. The van der Waals surface area contributed by atoms with Crippen LogP contribution in [0.25, 0.3) is 11.1 Å². The molecule has 2 nitrogen and oxygen atoms in total. The minimum atomic E-state index is -4.56. The molecule has 0 aliphatic heterocycles. The lowest BCUT2D eigenvalue weighted by Gasteiger charge is -2.12. The van der Waals surface area contributed by atoms with Crippen molar-refractivity contribution in [2.75, 3.05) is 12.4 Å². The molecular formula is C20H15F6NOS. The van der Waals surface area contributed by atoms with Crippen LogP contribution in [0.15, 0.2) is 48.5 Å². The molecule has 0 aliphatic rings. The van der Waals surface area contributed by atoms with E-state index in [0.29, 0.717) is 5.00 Å². The summed E-state index contributed by atoms with van der Waals surface area (Å²) < 4.78 is 78.8. The summed E-state index contributed by atoms with van der Waals surface area (Å²) in [5.41, 5.74) is -1.49. The maximum atomic E-state index is 13.2. The summed E-state index contributed by atoms with van der Waals surface area (Å²) in [6.45, 7) is 0. The zero-order valence-corrected chi connectivity index (χ0v) is 15.8. The number of thiophene rings is 1. The van der Waals surface area contributed by atoms with Crippen LogP contribution in [-0.2, 0) is 18.8 Å². The van der Waals surface area contributed by atoms with Crippen molar-refractivity contribution >= 4 is 16.3 Å². The van der Waals surface area contributed by atoms with Crippen molar-refractivity contribution in [3.05, 3.63) is 70.1 Å². The van der Waals surface area contributed by atoms with Crippen molar-refractivity contribution in [3.8, 4) is 16.9 Å². The predicted octanol–water partition coefficient (Wildman–Crippen LogP) is 6.79. The van der Waals surface area contributed by atoms with E-state index < -0.39 is 23.5 Å². The molecule has 0 bridgehead atoms. The van der Waals surface area contributed by atoms with E-state index >= 15 is 0 Å². The Balaban J connectivity index is 2.07. The van der Waals surface area contributed by atoms with Crippen LogP contribution in [0.4, 0.5) is 31.3 Å². The molecule has 1 aromatic heterocycles. The van der Waals surface area contributed by atoms with Crippen molar-refractivity contribution in [2.24, 2.45) is 0 Å². The molecule has 3 rings (SSSR count). The Morgan fingerprint density at radius 2 is 1.62 bits per heavy atom. The highest BCUT2D eigenvalue weighted by Crippen LogP contribution is 2.47. The molecule has 9 heteroatoms. The Hall–Kier alpha value is -2.68. The smallest absolute Gasteiger partial charge is 0.416 e. The highest BCUT2D eigenvalue weighted by molar-refractivity contribution is 7.17. The number of halogens is 6. The molecule has 0 aliphatic carbocycles. The zero-order chi connectivity index (χ0) is 21.4. The molecule has 2 N–H and O–H groups in total. The van der Waals surface area contributed by atoms with Gasteiger partial charge in [0.1, 0.15) is 10.8 Å². The minimum absolute atomic E-state index is 0.0326. The van der Waals surface area contributed by atoms with Crippen LogP contribution in [0.3, 0.4) is 0 Å². The van der Waals surface area contributed by atoms with E-state index in [1.807, 2.05) is 0 Å². The number of nitrogens with one attached hydrogen (secondary N) is 1. The molecule has 154 valence electrons. The molecule has 2 aromatic carbocycles. The maximum absolute atomic E-state index is 13.2. The number of hydrogen-bond donors (Lipinski definition) is 2. The van der Waals surface area contributed by atoms with E-state index in [2.05, 4.69) is 5.32 Å². The summed E-state index contributed by atoms with van der Waals surface area (Å²) in [4.78, 5) is 0.221. The number of benzene rings is 2. The molecule has 0 atom stereocenters. The van der Waals surface area contributed by atoms with Gasteiger partial charge in [0, 0.05) is 13.5 Å². The Morgan fingerprint density at radius 3 is 2.24 bits per heavy atom. The van der Waals surface area contributed by atoms with E-state index in [4.69, 9.17) is 0 Å². The first-order chi connectivity index (χ1) is 13.5. The molecule has 29 heavy (non-hydrogen) atoms. The Bertz CT molecular complexity index is 1020. The highest BCUT2D eigenvalue weighted by Gasteiger charge is 2.34. The van der Waals surface area contributed by atoms with Crippen molar-refractivity contribution in [1.29, 1.82) is 0 Å². The molecule has 0 saturated carbocycles. The van der Waals surface area contributed by atoms with Gasteiger partial charge < -0.3 is 10.4 Å². The predicted molar refractivity (Wildman–Crippen MR) is 100 cm³/mol. The Labute approximate surface area is 166 Å². The van der Waals surface area contributed by atoms with E-state index in [9.17, 15) is 31.4 Å². The lowest BCUT2D eigenvalue weighted by atomic mass is 10.0. The van der Waals surface area contributed by atoms with Gasteiger partial charge in [-0.25, -0.2) is 0 Å². The molecular weight excluding hydrogens is 416 g/mol. The first kappa shape index (κ1) is 21.0. The van der Waals surface area contributed by atoms with Gasteiger partial charge in [0.25, 0.3) is 0 Å². The second kappa shape index (κ2) is 7.62. The summed E-state index contributed by atoms with van der Waals surface area (Å²) in [6.07, 6.45) is -9.32. The van der Waals surface area contributed by atoms with E-state index in [1.165, 1.54) is 37.4 Å². The summed E-state index contributed by atoms with van der Waals surface area (Å²) in [7, 11) is 1.52. The average molecular weight is 431 g/mol. The summed E-state index contributed by atoms with van der Waals surface area (Å²) >= 11 is 0.999. The lowest BCUT2D eigenvalue weighted by Crippen LogP contribution is -2.09. The SMILES string of the molecule is CNc1sc(Cc2ccccc2C(F)(F)F)c(O)c1-c1cccc(C(F)(F)F)c1. The fourth-order valence-corrected chi connectivity index (χ4v) is 4.10. The maximum Gasteiger partial charge on any atom is 0.416 e. The van der Waals surface area contributed by atoms with Gasteiger partial charge in [-0.1, -0.05) is 30.3 Å². The normalized spacial score (nSPS) is 12.2. The number of alkyl halides is 6. The molecule has 0 unspecified atom stereocenters. The fourth-order valence-electron chi connectivity index (χ4n) is 3.01. The van der Waals surface area contributed by atoms with Crippen LogP contribution in [-0.4, -0.2) is 12.2 Å². The monoisotopic (exact) mass is 431 g/mol. The van der Waals surface area contributed by atoms with Crippen LogP contribution >= 0.6 is 11.3 Å². The Morgan fingerprint density at radius 1 is 0.931 bits per heavy atom. The standard InChI is InChI=1S/C20H15F6NOS/c1-27-18-16(12-6-4-7-13(9-12)19(21,22)23)17(28)15(29-18)10-11-5-2-3-8-14(11)20(24,25)26/h2-9,27-28H,10H2,1H3. The van der Waals surface area contributed by atoms with Crippen LogP contribution in [0.1, 0.15) is 21.6 Å². The Kier molecular flexibility index (Phi) is 5.53. The molecule has 0 radical (unpaired) electrons. The quantitative estimate of drug-likeness (QED) is 0.446. The van der Waals surface area contributed by atoms with Gasteiger partial charge in [0.15, 0.2) is 0 Å². The molecule has 3 aromatic rings. The molecule has 0 amide bonds. The molecule has 0 spiro atoms. The van der Waals surface area contributed by atoms with Crippen molar-refractivity contribution in [1.82, 2.24) is 0 Å². The highest BCUT2D eigenvalue weighted by atomic mass is 32.1. The summed E-state index contributed by atoms with van der Waals surface area (Å²) in [5.74, 6) is -0.337. The lowest BCUT2D eigenvalue weighted by molar-refractivity contribution is -0.138. The van der Waals surface area contributed by atoms with Gasteiger partial charge in [-0.2, -0.15) is 26.3 Å². The third kappa shape index (κ3) is 4.34. The number of anilines is 1. The molecule has 0 saturated heterocycles. The minimum Gasteiger partial charge on any atom is -0.506 e. The van der Waals surface area contributed by atoms with Crippen LogP contribution < -0.4 is 5.32 Å². The van der Waals surface area contributed by atoms with Crippen molar-refractivity contribution in [2.45, 2.75) is 18.8 Å². The van der Waals surface area contributed by atoms with Crippen LogP contribution in [0, 0.1) is 0 Å². The van der Waals surface area contributed by atoms with Crippen molar-refractivity contribution < 1.29 is 31.4 Å². The third-order valence-electron chi connectivity index (χ3n) is 4.33. The summed E-state index contributed by atoms with van der Waals surface area (Å²) in [5, 5.41) is 13.8. The topological polar surface area (TPSA) is 32.3 Å². The van der Waals surface area contributed by atoms with Gasteiger partial charge in [0.2, 0.25) is 0 Å². The van der Waals surface area contributed by atoms with E-state index in [1.54, 1.807) is 0 Å². The average Bonchev–Trinajstić information content (AvgIpc) is 2.96. The number of rotatable bonds is 4. The first-order valence-corrected chi connectivity index (χ1v) is 9.19. The van der Waals surface area contributed by atoms with Crippen LogP contribution in [0.5, 0.6) is 5.75 Å². The number of hydrogen-bond acceptors (Lipinski definition) is 3. The molecule has 0 fully saturated rings. The second-order valence-electron chi connectivity index (χ2n) is 6.24. The van der Waals surface area contributed by atoms with Gasteiger partial charge in [-0.05, 0) is 29.3 Å². The van der Waals surface area contributed by atoms with Crippen molar-refractivity contribution in [3.63, 3.8) is 0 Å². The van der Waals surface area contributed by atoms with Gasteiger partial charge >= 0.3 is 12.4 Å². The fraction of sp³-hybridized carbons (Fsp3) is 0.200. The second-order valence-corrected chi connectivity index (χ2v) is 7.34. The van der Waals surface area contributed by atoms with Gasteiger partial charge in [-0.15, -0.1) is 11.3 Å². The van der Waals surface area contributed by atoms with Gasteiger partial charge in [-0.3, -0.25) is 0 Å². The van der Waals surface area contributed by atoms with Crippen LogP contribution in [0.2, 0.25) is 0 Å².